The van der Waals surface area contributed by atoms with Gasteiger partial charge in [-0.25, -0.2) is 9.89 Å². The SMILES string of the molecule is Cc1nn(-c2ccccc2[NH+]([O-])O)c(C)c1C1C=CC(NCc2ccccn2)C1. The molecule has 1 aliphatic rings. The molecule has 150 valence electrons. The van der Waals surface area contributed by atoms with Crippen LogP contribution in [0.15, 0.2) is 60.8 Å². The van der Waals surface area contributed by atoms with E-state index in [0.29, 0.717) is 5.69 Å². The predicted octanol–water partition coefficient (Wildman–Crippen LogP) is 2.49. The average molecular weight is 391 g/mol. The summed E-state index contributed by atoms with van der Waals surface area (Å²) in [5.74, 6) is 0.252. The number of aryl methyl sites for hydroxylation is 1. The Morgan fingerprint density at radius 3 is 2.72 bits per heavy atom. The van der Waals surface area contributed by atoms with Gasteiger partial charge in [0.25, 0.3) is 0 Å². The molecule has 3 N–H and O–H groups in total. The zero-order valence-corrected chi connectivity index (χ0v) is 16.5. The molecule has 7 nitrogen and oxygen atoms in total. The van der Waals surface area contributed by atoms with Crippen LogP contribution in [0.3, 0.4) is 0 Å². The summed E-state index contributed by atoms with van der Waals surface area (Å²) in [7, 11) is 0. The van der Waals surface area contributed by atoms with Crippen LogP contribution in [0.5, 0.6) is 0 Å². The Bertz CT molecular complexity index is 1010. The van der Waals surface area contributed by atoms with Crippen molar-refractivity contribution in [1.82, 2.24) is 20.1 Å². The lowest BCUT2D eigenvalue weighted by Gasteiger charge is -2.17. The maximum Gasteiger partial charge on any atom is 0.189 e. The number of aromatic nitrogens is 3. The lowest BCUT2D eigenvalue weighted by molar-refractivity contribution is -0.991. The molecule has 4 rings (SSSR count). The number of rotatable bonds is 6. The number of para-hydroxylation sites is 2. The maximum absolute atomic E-state index is 11.6. The highest BCUT2D eigenvalue weighted by Crippen LogP contribution is 2.34. The molecule has 0 saturated heterocycles. The third-order valence-corrected chi connectivity index (χ3v) is 5.44. The highest BCUT2D eigenvalue weighted by Gasteiger charge is 2.27. The van der Waals surface area contributed by atoms with Crippen molar-refractivity contribution >= 4 is 5.69 Å². The summed E-state index contributed by atoms with van der Waals surface area (Å²) in [6.45, 7) is 4.73. The number of benzene rings is 1. The van der Waals surface area contributed by atoms with E-state index in [0.717, 1.165) is 30.0 Å². The molecule has 0 fully saturated rings. The molecule has 0 spiro atoms. The van der Waals surface area contributed by atoms with Crippen molar-refractivity contribution in [3.8, 4) is 5.69 Å². The van der Waals surface area contributed by atoms with E-state index in [4.69, 9.17) is 0 Å². The molecule has 7 heteroatoms. The first-order valence-corrected chi connectivity index (χ1v) is 9.75. The van der Waals surface area contributed by atoms with Crippen molar-refractivity contribution in [2.24, 2.45) is 0 Å². The van der Waals surface area contributed by atoms with Gasteiger partial charge in [0, 0.05) is 42.0 Å². The van der Waals surface area contributed by atoms with Crippen molar-refractivity contribution in [1.29, 1.82) is 0 Å². The van der Waals surface area contributed by atoms with Crippen LogP contribution in [-0.4, -0.2) is 26.0 Å². The Labute approximate surface area is 169 Å². The van der Waals surface area contributed by atoms with Gasteiger partial charge in [-0.1, -0.05) is 30.4 Å². The van der Waals surface area contributed by atoms with Gasteiger partial charge >= 0.3 is 0 Å². The number of hydrogen-bond acceptors (Lipinski definition) is 5. The number of hydrogen-bond donors (Lipinski definition) is 3. The van der Waals surface area contributed by atoms with Crippen molar-refractivity contribution in [2.45, 2.75) is 38.8 Å². The van der Waals surface area contributed by atoms with Gasteiger partial charge < -0.3 is 10.5 Å². The van der Waals surface area contributed by atoms with E-state index in [-0.39, 0.29) is 17.6 Å². The van der Waals surface area contributed by atoms with Crippen molar-refractivity contribution < 1.29 is 10.4 Å². The van der Waals surface area contributed by atoms with Gasteiger partial charge in [0.1, 0.15) is 5.69 Å². The first-order valence-electron chi connectivity index (χ1n) is 9.75. The smallest absolute Gasteiger partial charge is 0.189 e. The minimum Gasteiger partial charge on any atom is -0.595 e. The Balaban J connectivity index is 1.53. The van der Waals surface area contributed by atoms with Crippen LogP contribution in [0.25, 0.3) is 5.69 Å². The number of nitrogens with one attached hydrogen (secondary N) is 2. The Hall–Kier alpha value is -2.84. The van der Waals surface area contributed by atoms with E-state index in [2.05, 4.69) is 27.6 Å². The van der Waals surface area contributed by atoms with Gasteiger partial charge in [-0.05, 0) is 38.5 Å². The number of quaternary nitrogens is 1. The molecule has 1 aromatic carbocycles. The van der Waals surface area contributed by atoms with Gasteiger partial charge in [0.05, 0.1) is 11.4 Å². The second-order valence-electron chi connectivity index (χ2n) is 7.35. The monoisotopic (exact) mass is 391 g/mol. The zero-order valence-electron chi connectivity index (χ0n) is 16.5. The molecular weight excluding hydrogens is 366 g/mol. The molecule has 2 heterocycles. The molecular formula is C22H25N5O2. The molecule has 29 heavy (non-hydrogen) atoms. The van der Waals surface area contributed by atoms with Crippen LogP contribution >= 0.6 is 0 Å². The summed E-state index contributed by atoms with van der Waals surface area (Å²) in [4.78, 5) is 4.36. The number of allylic oxidation sites excluding steroid dienone is 1. The maximum atomic E-state index is 11.6. The van der Waals surface area contributed by atoms with E-state index < -0.39 is 5.23 Å². The third-order valence-electron chi connectivity index (χ3n) is 5.44. The minimum atomic E-state index is -0.950. The molecule has 3 aromatic rings. The molecule has 0 saturated carbocycles. The lowest BCUT2D eigenvalue weighted by atomic mass is 9.96. The van der Waals surface area contributed by atoms with Crippen LogP contribution < -0.4 is 10.5 Å². The Kier molecular flexibility index (Phi) is 5.55. The molecule has 0 aliphatic heterocycles. The van der Waals surface area contributed by atoms with Crippen LogP contribution in [-0.2, 0) is 6.54 Å². The molecule has 3 unspecified atom stereocenters. The Morgan fingerprint density at radius 2 is 1.97 bits per heavy atom. The van der Waals surface area contributed by atoms with Gasteiger partial charge in [0.15, 0.2) is 5.69 Å². The minimum absolute atomic E-state index is 0.251. The first kappa shape index (κ1) is 19.5. The van der Waals surface area contributed by atoms with Gasteiger partial charge in [-0.2, -0.15) is 10.3 Å². The molecule has 2 aromatic heterocycles. The Morgan fingerprint density at radius 1 is 1.17 bits per heavy atom. The highest BCUT2D eigenvalue weighted by atomic mass is 16.8. The largest absolute Gasteiger partial charge is 0.595 e. The van der Waals surface area contributed by atoms with Crippen molar-refractivity contribution in [3.05, 3.63) is 88.7 Å². The van der Waals surface area contributed by atoms with Crippen molar-refractivity contribution in [2.75, 3.05) is 0 Å². The van der Waals surface area contributed by atoms with Crippen LogP contribution in [0.2, 0.25) is 0 Å². The van der Waals surface area contributed by atoms with E-state index in [9.17, 15) is 10.4 Å². The van der Waals surface area contributed by atoms with Crippen LogP contribution in [0, 0.1) is 19.1 Å². The van der Waals surface area contributed by atoms with E-state index >= 15 is 0 Å². The van der Waals surface area contributed by atoms with Gasteiger partial charge in [0.2, 0.25) is 0 Å². The average Bonchev–Trinajstić information content (AvgIpc) is 3.30. The summed E-state index contributed by atoms with van der Waals surface area (Å²) in [6.07, 6.45) is 7.18. The van der Waals surface area contributed by atoms with E-state index in [1.54, 1.807) is 29.1 Å². The third kappa shape index (κ3) is 3.99. The second-order valence-corrected chi connectivity index (χ2v) is 7.35. The molecule has 0 amide bonds. The summed E-state index contributed by atoms with van der Waals surface area (Å²) in [5, 5.41) is 28.4. The van der Waals surface area contributed by atoms with E-state index in [1.165, 1.54) is 5.56 Å². The normalized spacial score (nSPS) is 19.6. The first-order chi connectivity index (χ1) is 14.0. The zero-order chi connectivity index (χ0) is 20.4. The fourth-order valence-corrected chi connectivity index (χ4v) is 4.07. The lowest BCUT2D eigenvalue weighted by Crippen LogP contribution is -2.99. The second kappa shape index (κ2) is 8.26. The van der Waals surface area contributed by atoms with Gasteiger partial charge in [-0.15, -0.1) is 0 Å². The molecule has 1 aliphatic carbocycles. The van der Waals surface area contributed by atoms with Crippen LogP contribution in [0.1, 0.15) is 35.0 Å². The van der Waals surface area contributed by atoms with E-state index in [1.807, 2.05) is 38.1 Å². The summed E-state index contributed by atoms with van der Waals surface area (Å²) >= 11 is 0. The topological polar surface area (TPSA) is 90.5 Å². The summed E-state index contributed by atoms with van der Waals surface area (Å²) < 4.78 is 1.76. The van der Waals surface area contributed by atoms with Crippen molar-refractivity contribution in [3.63, 3.8) is 0 Å². The summed E-state index contributed by atoms with van der Waals surface area (Å²) in [5.41, 5.74) is 4.96. The highest BCUT2D eigenvalue weighted by molar-refractivity contribution is 5.53. The standard InChI is InChI=1S/C22H25N5O2/c1-15-22(16(2)26(25-15)20-8-3-4-9-21(20)27(28)29)17-10-11-18(13-17)24-14-19-7-5-6-12-23-19/h3-12,17-18,24,27-28H,13-14H2,1-2H3. The summed E-state index contributed by atoms with van der Waals surface area (Å²) in [6, 6.07) is 13.2. The fraction of sp³-hybridized carbons (Fsp3) is 0.273. The molecule has 3 atom stereocenters. The molecule has 0 radical (unpaired) electrons. The quantitative estimate of drug-likeness (QED) is 0.444. The predicted molar refractivity (Wildman–Crippen MR) is 110 cm³/mol. The van der Waals surface area contributed by atoms with Crippen LogP contribution in [0.4, 0.5) is 5.69 Å². The number of nitrogens with zero attached hydrogens (tertiary/aromatic N) is 3. The number of pyridine rings is 1. The molecule has 0 bridgehead atoms. The van der Waals surface area contributed by atoms with Gasteiger partial charge in [-0.3, -0.25) is 4.98 Å². The fourth-order valence-electron chi connectivity index (χ4n) is 4.07.